The zero-order valence-corrected chi connectivity index (χ0v) is 8.82. The van der Waals surface area contributed by atoms with E-state index >= 15 is 0 Å². The molecule has 17 heavy (non-hydrogen) atoms. The first kappa shape index (κ1) is 13.2. The number of hydrogen-bond donors (Lipinski definition) is 0. The Morgan fingerprint density at radius 2 is 1.82 bits per heavy atom. The first-order valence-electron chi connectivity index (χ1n) is 4.49. The second kappa shape index (κ2) is 4.99. The predicted octanol–water partition coefficient (Wildman–Crippen LogP) is 2.98. The molecule has 1 rings (SSSR count). The quantitative estimate of drug-likeness (QED) is 0.270. The number of hydrogen-bond acceptors (Lipinski definition) is 2. The van der Waals surface area contributed by atoms with Gasteiger partial charge < -0.3 is 4.74 Å². The van der Waals surface area contributed by atoms with Crippen LogP contribution in [-0.2, 0) is 4.74 Å². The third-order valence-electron chi connectivity index (χ3n) is 1.77. The van der Waals surface area contributed by atoms with E-state index in [1.807, 2.05) is 0 Å². The second-order valence-electron chi connectivity index (χ2n) is 3.38. The van der Waals surface area contributed by atoms with Crippen molar-refractivity contribution in [2.24, 2.45) is 0 Å². The molecule has 0 saturated heterocycles. The largest absolute Gasteiger partial charge is 0.457 e. The zero-order valence-electron chi connectivity index (χ0n) is 8.82. The van der Waals surface area contributed by atoms with E-state index in [2.05, 4.69) is 11.3 Å². The predicted molar refractivity (Wildman–Crippen MR) is 51.4 cm³/mol. The fraction of sp³-hybridized carbons (Fsp3) is 0.182. The number of halogens is 4. The van der Waals surface area contributed by atoms with Crippen LogP contribution in [0.2, 0.25) is 0 Å². The van der Waals surface area contributed by atoms with Gasteiger partial charge in [0, 0.05) is 6.07 Å². The van der Waals surface area contributed by atoms with E-state index in [1.54, 1.807) is 0 Å². The Balaban J connectivity index is 3.10. The van der Waals surface area contributed by atoms with Crippen molar-refractivity contribution in [1.82, 2.24) is 0 Å². The Morgan fingerprint density at radius 3 is 2.35 bits per heavy atom. The Labute approximate surface area is 94.5 Å². The van der Waals surface area contributed by atoms with E-state index in [-0.39, 0.29) is 12.7 Å². The molecule has 0 radical (unpaired) electrons. The highest BCUT2D eigenvalue weighted by molar-refractivity contribution is 5.90. The van der Waals surface area contributed by atoms with Crippen LogP contribution in [0.1, 0.15) is 17.3 Å². The highest BCUT2D eigenvalue weighted by Crippen LogP contribution is 2.20. The second-order valence-corrected chi connectivity index (χ2v) is 3.38. The van der Waals surface area contributed by atoms with Crippen molar-refractivity contribution in [2.45, 2.75) is 6.92 Å². The average molecular weight is 248 g/mol. The fourth-order valence-electron chi connectivity index (χ4n) is 1.01. The summed E-state index contributed by atoms with van der Waals surface area (Å²) < 4.78 is 56.0. The molecule has 0 spiro atoms. The molecule has 0 amide bonds. The van der Waals surface area contributed by atoms with Gasteiger partial charge in [0.1, 0.15) is 18.0 Å². The van der Waals surface area contributed by atoms with Crippen LogP contribution >= 0.6 is 0 Å². The summed E-state index contributed by atoms with van der Waals surface area (Å²) in [6.07, 6.45) is 0. The van der Waals surface area contributed by atoms with Gasteiger partial charge in [-0.1, -0.05) is 6.58 Å². The van der Waals surface area contributed by atoms with Crippen molar-refractivity contribution in [2.75, 3.05) is 6.61 Å². The summed E-state index contributed by atoms with van der Waals surface area (Å²) >= 11 is 0. The summed E-state index contributed by atoms with van der Waals surface area (Å²) in [6.45, 7) is 4.65. The molecule has 92 valence electrons. The minimum absolute atomic E-state index is 0.0791. The number of carbonyl (C=O) groups is 1. The van der Waals surface area contributed by atoms with E-state index in [4.69, 9.17) is 0 Å². The molecule has 0 aliphatic heterocycles. The molecule has 2 nitrogen and oxygen atoms in total. The van der Waals surface area contributed by atoms with Crippen LogP contribution in [0.4, 0.5) is 17.6 Å². The van der Waals surface area contributed by atoms with Gasteiger partial charge in [0.25, 0.3) is 0 Å². The van der Waals surface area contributed by atoms with Crippen molar-refractivity contribution < 1.29 is 27.1 Å². The van der Waals surface area contributed by atoms with Crippen molar-refractivity contribution in [3.63, 3.8) is 0 Å². The number of benzene rings is 1. The molecule has 6 heteroatoms. The molecule has 0 aliphatic rings. The number of carbonyl (C=O) groups excluding carboxylic acids is 1. The topological polar surface area (TPSA) is 26.3 Å². The summed E-state index contributed by atoms with van der Waals surface area (Å²) in [6, 6.07) is 0.0791. The Kier molecular flexibility index (Phi) is 3.88. The molecular weight excluding hydrogens is 240 g/mol. The van der Waals surface area contributed by atoms with Gasteiger partial charge in [-0.25, -0.2) is 22.4 Å². The smallest absolute Gasteiger partial charge is 0.344 e. The van der Waals surface area contributed by atoms with Crippen LogP contribution in [0.3, 0.4) is 0 Å². The van der Waals surface area contributed by atoms with E-state index in [1.165, 1.54) is 6.92 Å². The van der Waals surface area contributed by atoms with Crippen LogP contribution in [0.25, 0.3) is 0 Å². The normalized spacial score (nSPS) is 10.2. The molecule has 0 N–H and O–H groups in total. The van der Waals surface area contributed by atoms with Crippen molar-refractivity contribution in [3.8, 4) is 0 Å². The molecule has 1 aromatic rings. The molecule has 0 bridgehead atoms. The summed E-state index contributed by atoms with van der Waals surface area (Å²) in [4.78, 5) is 11.2. The molecule has 0 saturated carbocycles. The lowest BCUT2D eigenvalue weighted by atomic mass is 10.2. The van der Waals surface area contributed by atoms with Crippen LogP contribution in [0.15, 0.2) is 18.2 Å². The lowest BCUT2D eigenvalue weighted by Crippen LogP contribution is -2.13. The van der Waals surface area contributed by atoms with Gasteiger partial charge in [0.15, 0.2) is 17.5 Å². The number of esters is 1. The van der Waals surface area contributed by atoms with Gasteiger partial charge in [0.05, 0.1) is 0 Å². The molecule has 0 aliphatic carbocycles. The molecule has 0 unspecified atom stereocenters. The van der Waals surface area contributed by atoms with Gasteiger partial charge in [-0.2, -0.15) is 0 Å². The summed E-state index contributed by atoms with van der Waals surface area (Å²) in [5, 5.41) is 0. The van der Waals surface area contributed by atoms with Gasteiger partial charge in [-0.05, 0) is 12.5 Å². The standard InChI is InChI=1S/C11H8F4O2/c1-5(2)4-17-11(16)8-6(12)3-7(13)9(14)10(8)15/h3H,1,4H2,2H3. The van der Waals surface area contributed by atoms with E-state index in [9.17, 15) is 22.4 Å². The Morgan fingerprint density at radius 1 is 1.24 bits per heavy atom. The molecule has 0 heterocycles. The fourth-order valence-corrected chi connectivity index (χ4v) is 1.01. The average Bonchev–Trinajstić information content (AvgIpc) is 2.23. The Hall–Kier alpha value is -1.85. The maximum absolute atomic E-state index is 13.1. The molecule has 0 fully saturated rings. The molecular formula is C11H8F4O2. The monoisotopic (exact) mass is 248 g/mol. The lowest BCUT2D eigenvalue weighted by molar-refractivity contribution is 0.0527. The maximum atomic E-state index is 13.1. The molecule has 1 aromatic carbocycles. The highest BCUT2D eigenvalue weighted by atomic mass is 19.2. The van der Waals surface area contributed by atoms with Gasteiger partial charge in [-0.3, -0.25) is 0 Å². The van der Waals surface area contributed by atoms with Crippen LogP contribution < -0.4 is 0 Å². The number of ether oxygens (including phenoxy) is 1. The SMILES string of the molecule is C=C(C)COC(=O)c1c(F)cc(F)c(F)c1F. The Bertz CT molecular complexity index is 483. The summed E-state index contributed by atoms with van der Waals surface area (Å²) in [5.74, 6) is -8.48. The van der Waals surface area contributed by atoms with E-state index < -0.39 is 34.8 Å². The first-order chi connectivity index (χ1) is 7.84. The minimum atomic E-state index is -1.92. The summed E-state index contributed by atoms with van der Waals surface area (Å²) in [7, 11) is 0. The van der Waals surface area contributed by atoms with Gasteiger partial charge in [-0.15, -0.1) is 0 Å². The van der Waals surface area contributed by atoms with E-state index in [0.29, 0.717) is 5.57 Å². The van der Waals surface area contributed by atoms with Crippen LogP contribution in [-0.4, -0.2) is 12.6 Å². The van der Waals surface area contributed by atoms with Gasteiger partial charge in [0.2, 0.25) is 0 Å². The van der Waals surface area contributed by atoms with Crippen LogP contribution in [0, 0.1) is 23.3 Å². The molecule has 0 aromatic heterocycles. The van der Waals surface area contributed by atoms with Crippen molar-refractivity contribution >= 4 is 5.97 Å². The van der Waals surface area contributed by atoms with Crippen molar-refractivity contribution in [1.29, 1.82) is 0 Å². The van der Waals surface area contributed by atoms with Gasteiger partial charge >= 0.3 is 5.97 Å². The maximum Gasteiger partial charge on any atom is 0.344 e. The minimum Gasteiger partial charge on any atom is -0.457 e. The van der Waals surface area contributed by atoms with Crippen molar-refractivity contribution in [3.05, 3.63) is 47.1 Å². The zero-order chi connectivity index (χ0) is 13.2. The van der Waals surface area contributed by atoms with E-state index in [0.717, 1.165) is 0 Å². The van der Waals surface area contributed by atoms with Crippen LogP contribution in [0.5, 0.6) is 0 Å². The first-order valence-corrected chi connectivity index (χ1v) is 4.49. The third-order valence-corrected chi connectivity index (χ3v) is 1.77. The lowest BCUT2D eigenvalue weighted by Gasteiger charge is -2.07. The number of rotatable bonds is 3. The molecule has 0 atom stereocenters. The summed E-state index contributed by atoms with van der Waals surface area (Å²) in [5.41, 5.74) is -0.827. The highest BCUT2D eigenvalue weighted by Gasteiger charge is 2.25. The third kappa shape index (κ3) is 2.83.